The van der Waals surface area contributed by atoms with Gasteiger partial charge in [0.2, 0.25) is 0 Å². The molecule has 0 spiro atoms. The lowest BCUT2D eigenvalue weighted by Gasteiger charge is -2.16. The Balaban J connectivity index is 1.94. The number of anilines is 1. The number of rotatable bonds is 5. The summed E-state index contributed by atoms with van der Waals surface area (Å²) in [7, 11) is 0. The van der Waals surface area contributed by atoms with Crippen LogP contribution in [0.4, 0.5) is 27.6 Å². The Bertz CT molecular complexity index is 764. The number of carbonyl (C=O) groups excluding carboxylic acids is 1. The number of alkyl halides is 3. The maximum absolute atomic E-state index is 13.1. The van der Waals surface area contributed by atoms with Crippen LogP contribution < -0.4 is 15.6 Å². The Kier molecular flexibility index (Phi) is 5.45. The number of carbonyl (C=O) groups is 1. The van der Waals surface area contributed by atoms with E-state index in [0.29, 0.717) is 0 Å². The lowest BCUT2D eigenvalue weighted by Crippen LogP contribution is -2.39. The molecule has 1 unspecified atom stereocenters. The monoisotopic (exact) mass is 360 g/mol. The maximum atomic E-state index is 13.1. The molecular formula is C16H13F5N2O2. The van der Waals surface area contributed by atoms with E-state index in [9.17, 15) is 26.7 Å². The fourth-order valence-electron chi connectivity index (χ4n) is 1.82. The van der Waals surface area contributed by atoms with Gasteiger partial charge in [-0.25, -0.2) is 8.78 Å². The van der Waals surface area contributed by atoms with Crippen molar-refractivity contribution in [2.75, 3.05) is 5.43 Å². The largest absolute Gasteiger partial charge is 0.481 e. The van der Waals surface area contributed by atoms with Gasteiger partial charge in [-0.3, -0.25) is 15.6 Å². The van der Waals surface area contributed by atoms with Gasteiger partial charge in [-0.2, -0.15) is 13.2 Å². The van der Waals surface area contributed by atoms with Crippen LogP contribution in [0, 0.1) is 11.6 Å². The lowest BCUT2D eigenvalue weighted by atomic mass is 10.2. The van der Waals surface area contributed by atoms with Crippen molar-refractivity contribution in [3.63, 3.8) is 0 Å². The second kappa shape index (κ2) is 7.37. The maximum Gasteiger partial charge on any atom is 0.416 e. The minimum Gasteiger partial charge on any atom is -0.481 e. The molecule has 2 aromatic carbocycles. The topological polar surface area (TPSA) is 50.4 Å². The molecule has 1 amide bonds. The smallest absolute Gasteiger partial charge is 0.416 e. The van der Waals surface area contributed by atoms with E-state index in [4.69, 9.17) is 4.74 Å². The van der Waals surface area contributed by atoms with E-state index < -0.39 is 35.4 Å². The van der Waals surface area contributed by atoms with Crippen LogP contribution in [-0.2, 0) is 11.0 Å². The standard InChI is InChI=1S/C16H13F5N2O2/c1-9(25-12-5-6-13(17)14(18)8-12)15(24)23-22-11-4-2-3-10(7-11)16(19,20)21/h2-9,22H,1H3,(H,23,24). The summed E-state index contributed by atoms with van der Waals surface area (Å²) >= 11 is 0. The molecular weight excluding hydrogens is 347 g/mol. The number of nitrogens with one attached hydrogen (secondary N) is 2. The van der Waals surface area contributed by atoms with Gasteiger partial charge in [0.1, 0.15) is 5.75 Å². The van der Waals surface area contributed by atoms with E-state index in [0.717, 1.165) is 30.3 Å². The van der Waals surface area contributed by atoms with Gasteiger partial charge in [-0.1, -0.05) is 6.07 Å². The van der Waals surface area contributed by atoms with Crippen molar-refractivity contribution in [1.82, 2.24) is 5.43 Å². The van der Waals surface area contributed by atoms with Crippen LogP contribution in [-0.4, -0.2) is 12.0 Å². The summed E-state index contributed by atoms with van der Waals surface area (Å²) in [5, 5.41) is 0. The van der Waals surface area contributed by atoms with Crippen molar-refractivity contribution in [3.8, 4) is 5.75 Å². The summed E-state index contributed by atoms with van der Waals surface area (Å²) in [6.07, 6.45) is -5.62. The van der Waals surface area contributed by atoms with E-state index in [-0.39, 0.29) is 11.4 Å². The first-order chi connectivity index (χ1) is 11.7. The van der Waals surface area contributed by atoms with E-state index in [1.165, 1.54) is 19.1 Å². The molecule has 9 heteroatoms. The Morgan fingerprint density at radius 1 is 1.08 bits per heavy atom. The van der Waals surface area contributed by atoms with Gasteiger partial charge in [0.25, 0.3) is 5.91 Å². The molecule has 0 aromatic heterocycles. The highest BCUT2D eigenvalue weighted by atomic mass is 19.4. The number of amides is 1. The minimum atomic E-state index is -4.51. The Morgan fingerprint density at radius 2 is 1.80 bits per heavy atom. The van der Waals surface area contributed by atoms with E-state index in [2.05, 4.69) is 10.9 Å². The summed E-state index contributed by atoms with van der Waals surface area (Å²) in [5.74, 6) is -2.98. The highest BCUT2D eigenvalue weighted by Gasteiger charge is 2.30. The molecule has 2 aromatic rings. The van der Waals surface area contributed by atoms with Crippen LogP contribution >= 0.6 is 0 Å². The molecule has 0 heterocycles. The van der Waals surface area contributed by atoms with Crippen LogP contribution in [0.3, 0.4) is 0 Å². The average molecular weight is 360 g/mol. The SMILES string of the molecule is CC(Oc1ccc(F)c(F)c1)C(=O)NNc1cccc(C(F)(F)F)c1. The van der Waals surface area contributed by atoms with Gasteiger partial charge >= 0.3 is 6.18 Å². The number of hydrogen-bond acceptors (Lipinski definition) is 3. The van der Waals surface area contributed by atoms with Crippen LogP contribution in [0.2, 0.25) is 0 Å². The first-order valence-electron chi connectivity index (χ1n) is 7.01. The molecule has 25 heavy (non-hydrogen) atoms. The molecule has 0 saturated carbocycles. The van der Waals surface area contributed by atoms with Gasteiger partial charge in [0.05, 0.1) is 11.3 Å². The minimum absolute atomic E-state index is 0.0169. The lowest BCUT2D eigenvalue weighted by molar-refractivity contribution is -0.137. The van der Waals surface area contributed by atoms with Crippen molar-refractivity contribution in [2.24, 2.45) is 0 Å². The number of hydrogen-bond donors (Lipinski definition) is 2. The molecule has 2 rings (SSSR count). The van der Waals surface area contributed by atoms with E-state index >= 15 is 0 Å². The summed E-state index contributed by atoms with van der Waals surface area (Å²) in [5.41, 5.74) is 3.64. The number of benzene rings is 2. The van der Waals surface area contributed by atoms with E-state index in [1.807, 2.05) is 0 Å². The summed E-state index contributed by atoms with van der Waals surface area (Å²) in [6, 6.07) is 6.98. The molecule has 0 aliphatic heterocycles. The van der Waals surface area contributed by atoms with Crippen LogP contribution in [0.15, 0.2) is 42.5 Å². The third kappa shape index (κ3) is 5.07. The van der Waals surface area contributed by atoms with Gasteiger partial charge in [-0.05, 0) is 37.3 Å². The molecule has 1 atom stereocenters. The fraction of sp³-hybridized carbons (Fsp3) is 0.188. The quantitative estimate of drug-likeness (QED) is 0.628. The molecule has 4 nitrogen and oxygen atoms in total. The zero-order valence-corrected chi connectivity index (χ0v) is 12.8. The van der Waals surface area contributed by atoms with Gasteiger partial charge in [0, 0.05) is 6.07 Å². The predicted molar refractivity (Wildman–Crippen MR) is 79.7 cm³/mol. The molecule has 0 aliphatic rings. The number of halogens is 5. The summed E-state index contributed by atoms with van der Waals surface area (Å²) in [6.45, 7) is 1.34. The molecule has 0 saturated heterocycles. The third-order valence-corrected chi connectivity index (χ3v) is 3.09. The van der Waals surface area contributed by atoms with E-state index in [1.54, 1.807) is 0 Å². The molecule has 0 bridgehead atoms. The van der Waals surface area contributed by atoms with Crippen LogP contribution in [0.1, 0.15) is 12.5 Å². The first-order valence-corrected chi connectivity index (χ1v) is 7.01. The van der Waals surface area contributed by atoms with Crippen molar-refractivity contribution >= 4 is 11.6 Å². The van der Waals surface area contributed by atoms with Crippen LogP contribution in [0.25, 0.3) is 0 Å². The third-order valence-electron chi connectivity index (χ3n) is 3.09. The molecule has 0 fully saturated rings. The Hall–Kier alpha value is -2.84. The van der Waals surface area contributed by atoms with Gasteiger partial charge in [-0.15, -0.1) is 0 Å². The first kappa shape index (κ1) is 18.5. The second-order valence-corrected chi connectivity index (χ2v) is 5.03. The average Bonchev–Trinajstić information content (AvgIpc) is 2.55. The van der Waals surface area contributed by atoms with Crippen LogP contribution in [0.5, 0.6) is 5.75 Å². The van der Waals surface area contributed by atoms with Crippen molar-refractivity contribution < 1.29 is 31.5 Å². The Morgan fingerprint density at radius 3 is 2.44 bits per heavy atom. The van der Waals surface area contributed by atoms with Gasteiger partial charge < -0.3 is 4.74 Å². The van der Waals surface area contributed by atoms with Crippen molar-refractivity contribution in [1.29, 1.82) is 0 Å². The van der Waals surface area contributed by atoms with Gasteiger partial charge in [0.15, 0.2) is 17.7 Å². The molecule has 134 valence electrons. The molecule has 0 radical (unpaired) electrons. The number of hydrazine groups is 1. The highest BCUT2D eigenvalue weighted by molar-refractivity contribution is 5.81. The van der Waals surface area contributed by atoms with Crippen molar-refractivity contribution in [2.45, 2.75) is 19.2 Å². The number of ether oxygens (including phenoxy) is 1. The predicted octanol–water partition coefficient (Wildman–Crippen LogP) is 3.89. The fourth-order valence-corrected chi connectivity index (χ4v) is 1.82. The second-order valence-electron chi connectivity index (χ2n) is 5.03. The van der Waals surface area contributed by atoms with Crippen molar-refractivity contribution in [3.05, 3.63) is 59.7 Å². The Labute approximate surface area is 139 Å². The normalized spacial score (nSPS) is 12.4. The zero-order valence-electron chi connectivity index (χ0n) is 12.8. The summed E-state index contributed by atoms with van der Waals surface area (Å²) in [4.78, 5) is 11.9. The molecule has 0 aliphatic carbocycles. The molecule has 2 N–H and O–H groups in total. The summed E-state index contributed by atoms with van der Waals surface area (Å²) < 4.78 is 68.9. The highest BCUT2D eigenvalue weighted by Crippen LogP contribution is 2.30. The zero-order chi connectivity index (χ0) is 18.6.